The van der Waals surface area contributed by atoms with Crippen molar-refractivity contribution in [1.29, 1.82) is 0 Å². The molecule has 24 heavy (non-hydrogen) atoms. The average Bonchev–Trinajstić information content (AvgIpc) is 3.36. The number of thiophene rings is 1. The molecule has 0 aromatic carbocycles. The summed E-state index contributed by atoms with van der Waals surface area (Å²) in [7, 11) is 0. The smallest absolute Gasteiger partial charge is 0.231 e. The Bertz CT molecular complexity index is 816. The van der Waals surface area contributed by atoms with Crippen LogP contribution >= 0.6 is 11.3 Å². The molecule has 3 aromatic rings. The van der Waals surface area contributed by atoms with E-state index in [0.29, 0.717) is 24.7 Å². The van der Waals surface area contributed by atoms with Crippen LogP contribution < -0.4 is 0 Å². The predicted molar refractivity (Wildman–Crippen MR) is 89.5 cm³/mol. The van der Waals surface area contributed by atoms with Crippen LogP contribution in [0.25, 0.3) is 11.4 Å². The van der Waals surface area contributed by atoms with E-state index in [1.165, 1.54) is 0 Å². The molecule has 3 aromatic heterocycles. The van der Waals surface area contributed by atoms with E-state index in [-0.39, 0.29) is 11.8 Å². The molecule has 122 valence electrons. The molecule has 1 aliphatic rings. The molecule has 0 bridgehead atoms. The third-order valence-electron chi connectivity index (χ3n) is 4.18. The first-order valence-corrected chi connectivity index (χ1v) is 8.72. The van der Waals surface area contributed by atoms with Crippen molar-refractivity contribution in [2.45, 2.75) is 18.8 Å². The minimum absolute atomic E-state index is 0.111. The van der Waals surface area contributed by atoms with Gasteiger partial charge in [-0.15, -0.1) is 11.3 Å². The van der Waals surface area contributed by atoms with Crippen LogP contribution in [-0.4, -0.2) is 39.0 Å². The van der Waals surface area contributed by atoms with Gasteiger partial charge < -0.3 is 9.42 Å². The summed E-state index contributed by atoms with van der Waals surface area (Å²) in [5.41, 5.74) is 0.878. The highest BCUT2D eigenvalue weighted by Crippen LogP contribution is 2.28. The number of likely N-dealkylation sites (tertiary alicyclic amines) is 1. The summed E-state index contributed by atoms with van der Waals surface area (Å²) in [6, 6.07) is 7.66. The zero-order valence-electron chi connectivity index (χ0n) is 13.0. The molecule has 7 heteroatoms. The molecule has 0 aliphatic carbocycles. The Morgan fingerprint density at radius 2 is 2.21 bits per heavy atom. The summed E-state index contributed by atoms with van der Waals surface area (Å²) < 4.78 is 5.42. The third-order valence-corrected chi connectivity index (χ3v) is 5.05. The van der Waals surface area contributed by atoms with Gasteiger partial charge in [-0.3, -0.25) is 9.78 Å². The summed E-state index contributed by atoms with van der Waals surface area (Å²) in [6.07, 6.45) is 4.72. The molecular formula is C17H16N4O2S. The molecule has 0 radical (unpaired) electrons. The Kier molecular flexibility index (Phi) is 4.08. The first-order valence-electron chi connectivity index (χ1n) is 7.84. The first-order chi connectivity index (χ1) is 11.8. The second-order valence-corrected chi connectivity index (χ2v) is 6.81. The second kappa shape index (κ2) is 6.52. The van der Waals surface area contributed by atoms with E-state index in [9.17, 15) is 4.79 Å². The van der Waals surface area contributed by atoms with Gasteiger partial charge in [0.1, 0.15) is 0 Å². The summed E-state index contributed by atoms with van der Waals surface area (Å²) in [5.74, 6) is 1.44. The van der Waals surface area contributed by atoms with E-state index < -0.39 is 0 Å². The fourth-order valence-electron chi connectivity index (χ4n) is 2.88. The quantitative estimate of drug-likeness (QED) is 0.730. The number of rotatable bonds is 4. The monoisotopic (exact) mass is 340 g/mol. The number of hydrogen-bond donors (Lipinski definition) is 0. The molecule has 1 amide bonds. The van der Waals surface area contributed by atoms with Crippen LogP contribution in [0, 0.1) is 0 Å². The summed E-state index contributed by atoms with van der Waals surface area (Å²) in [5, 5.41) is 6.04. The van der Waals surface area contributed by atoms with Crippen LogP contribution in [0.1, 0.15) is 23.1 Å². The Hall–Kier alpha value is -2.54. The maximum atomic E-state index is 12.4. The predicted octanol–water partition coefficient (Wildman–Crippen LogP) is 2.75. The number of carbonyl (C=O) groups is 1. The Labute approximate surface area is 143 Å². The molecule has 1 fully saturated rings. The van der Waals surface area contributed by atoms with Crippen molar-refractivity contribution >= 4 is 17.2 Å². The lowest BCUT2D eigenvalue weighted by molar-refractivity contribution is -0.129. The number of aromatic nitrogens is 3. The number of carbonyl (C=O) groups excluding carboxylic acids is 1. The van der Waals surface area contributed by atoms with Gasteiger partial charge in [-0.1, -0.05) is 11.2 Å². The normalized spacial score (nSPS) is 17.3. The van der Waals surface area contributed by atoms with Gasteiger partial charge in [-0.2, -0.15) is 4.98 Å². The molecule has 0 spiro atoms. The van der Waals surface area contributed by atoms with Crippen molar-refractivity contribution in [2.24, 2.45) is 0 Å². The lowest BCUT2D eigenvalue weighted by Crippen LogP contribution is -2.29. The molecule has 4 heterocycles. The highest BCUT2D eigenvalue weighted by molar-refractivity contribution is 7.10. The van der Waals surface area contributed by atoms with Crippen LogP contribution in [0.2, 0.25) is 0 Å². The molecule has 4 rings (SSSR count). The van der Waals surface area contributed by atoms with E-state index in [4.69, 9.17) is 4.52 Å². The zero-order chi connectivity index (χ0) is 16.4. The summed E-state index contributed by atoms with van der Waals surface area (Å²) >= 11 is 1.61. The summed E-state index contributed by atoms with van der Waals surface area (Å²) in [6.45, 7) is 1.38. The third kappa shape index (κ3) is 3.07. The molecule has 1 atom stereocenters. The first kappa shape index (κ1) is 15.0. The van der Waals surface area contributed by atoms with Gasteiger partial charge in [-0.05, 0) is 30.0 Å². The number of hydrogen-bond acceptors (Lipinski definition) is 6. The molecule has 1 unspecified atom stereocenters. The van der Waals surface area contributed by atoms with E-state index >= 15 is 0 Å². The van der Waals surface area contributed by atoms with Gasteiger partial charge in [0.25, 0.3) is 0 Å². The van der Waals surface area contributed by atoms with Gasteiger partial charge in [0.2, 0.25) is 17.6 Å². The van der Waals surface area contributed by atoms with Crippen molar-refractivity contribution in [1.82, 2.24) is 20.0 Å². The molecular weight excluding hydrogens is 324 g/mol. The lowest BCUT2D eigenvalue weighted by atomic mass is 10.1. The number of nitrogens with zero attached hydrogens (tertiary/aromatic N) is 4. The maximum absolute atomic E-state index is 12.4. The van der Waals surface area contributed by atoms with E-state index in [0.717, 1.165) is 23.4 Å². The van der Waals surface area contributed by atoms with Crippen molar-refractivity contribution in [2.75, 3.05) is 13.1 Å². The van der Waals surface area contributed by atoms with Crippen LogP contribution in [0.5, 0.6) is 0 Å². The fourth-order valence-corrected chi connectivity index (χ4v) is 3.58. The summed E-state index contributed by atoms with van der Waals surface area (Å²) in [4.78, 5) is 23.8. The fraction of sp³-hybridized carbons (Fsp3) is 0.294. The van der Waals surface area contributed by atoms with Crippen molar-refractivity contribution < 1.29 is 9.32 Å². The maximum Gasteiger partial charge on any atom is 0.231 e. The topological polar surface area (TPSA) is 72.1 Å². The molecule has 1 aliphatic heterocycles. The van der Waals surface area contributed by atoms with Crippen molar-refractivity contribution in [3.8, 4) is 11.4 Å². The van der Waals surface area contributed by atoms with E-state index in [1.807, 2.05) is 34.5 Å². The van der Waals surface area contributed by atoms with Crippen LogP contribution in [0.3, 0.4) is 0 Å². The number of amides is 1. The Morgan fingerprint density at radius 3 is 3.00 bits per heavy atom. The SMILES string of the molecule is O=C(Cc1cccs1)N1CCC(c2nc(-c3ccncc3)no2)C1. The molecule has 1 saturated heterocycles. The molecule has 0 N–H and O–H groups in total. The highest BCUT2D eigenvalue weighted by atomic mass is 32.1. The van der Waals surface area contributed by atoms with Gasteiger partial charge >= 0.3 is 0 Å². The van der Waals surface area contributed by atoms with Crippen molar-refractivity contribution in [3.05, 3.63) is 52.8 Å². The second-order valence-electron chi connectivity index (χ2n) is 5.77. The van der Waals surface area contributed by atoms with Crippen molar-refractivity contribution in [3.63, 3.8) is 0 Å². The molecule has 6 nitrogen and oxygen atoms in total. The Balaban J connectivity index is 1.42. The van der Waals surface area contributed by atoms with Gasteiger partial charge in [0.15, 0.2) is 0 Å². The average molecular weight is 340 g/mol. The largest absolute Gasteiger partial charge is 0.342 e. The van der Waals surface area contributed by atoms with Crippen LogP contribution in [0.4, 0.5) is 0 Å². The van der Waals surface area contributed by atoms with Gasteiger partial charge in [-0.25, -0.2) is 0 Å². The lowest BCUT2D eigenvalue weighted by Gasteiger charge is -2.15. The van der Waals surface area contributed by atoms with Crippen LogP contribution in [-0.2, 0) is 11.2 Å². The highest BCUT2D eigenvalue weighted by Gasteiger charge is 2.31. The Morgan fingerprint density at radius 1 is 1.33 bits per heavy atom. The van der Waals surface area contributed by atoms with E-state index in [2.05, 4.69) is 15.1 Å². The number of pyridine rings is 1. The molecule has 0 saturated carbocycles. The van der Waals surface area contributed by atoms with Crippen LogP contribution in [0.15, 0.2) is 46.6 Å². The van der Waals surface area contributed by atoms with Gasteiger partial charge in [0, 0.05) is 35.9 Å². The van der Waals surface area contributed by atoms with E-state index in [1.54, 1.807) is 23.7 Å². The zero-order valence-corrected chi connectivity index (χ0v) is 13.8. The van der Waals surface area contributed by atoms with Gasteiger partial charge in [0.05, 0.1) is 12.3 Å². The minimum atomic E-state index is 0.111. The minimum Gasteiger partial charge on any atom is -0.342 e. The standard InChI is InChI=1S/C17H16N4O2S/c22-15(10-14-2-1-9-24-14)21-8-5-13(11-21)17-19-16(20-23-17)12-3-6-18-7-4-12/h1-4,6-7,9,13H,5,8,10-11H2.